The van der Waals surface area contributed by atoms with Gasteiger partial charge < -0.3 is 4.90 Å². The van der Waals surface area contributed by atoms with Gasteiger partial charge in [-0.3, -0.25) is 15.1 Å². The number of amides is 1. The minimum Gasteiger partial charge on any atom is -0.301 e. The van der Waals surface area contributed by atoms with Crippen molar-refractivity contribution in [1.29, 1.82) is 0 Å². The summed E-state index contributed by atoms with van der Waals surface area (Å²) in [5.74, 6) is 4.99. The van der Waals surface area contributed by atoms with E-state index in [2.05, 4.69) is 45.6 Å². The summed E-state index contributed by atoms with van der Waals surface area (Å²) in [6, 6.07) is 10.6. The van der Waals surface area contributed by atoms with Gasteiger partial charge in [-0.1, -0.05) is 30.3 Å². The second-order valence-corrected chi connectivity index (χ2v) is 5.27. The Bertz CT molecular complexity index is 402. The molecule has 1 saturated heterocycles. The molecule has 1 heterocycles. The molecule has 0 atom stereocenters. The zero-order valence-electron chi connectivity index (χ0n) is 11.9. The molecule has 3 N–H and O–H groups in total. The van der Waals surface area contributed by atoms with Crippen molar-refractivity contribution < 1.29 is 4.79 Å². The standard InChI is InChI=1S/C15H24N4O/c16-17-15(20)7-4-8-18-9-11-19(12-10-18)13-14-5-2-1-3-6-14/h1-3,5-6H,4,7-13,16H2,(H,17,20). The molecule has 1 aliphatic rings. The number of carbonyl (C=O) groups excluding carboxylic acids is 1. The maximum absolute atomic E-state index is 11.0. The first-order chi connectivity index (χ1) is 9.78. The van der Waals surface area contributed by atoms with Crippen molar-refractivity contribution in [1.82, 2.24) is 15.2 Å². The van der Waals surface area contributed by atoms with Crippen LogP contribution >= 0.6 is 0 Å². The Hall–Kier alpha value is -1.43. The van der Waals surface area contributed by atoms with E-state index in [1.165, 1.54) is 5.56 Å². The molecule has 0 saturated carbocycles. The summed E-state index contributed by atoms with van der Waals surface area (Å²) in [6.45, 7) is 6.36. The summed E-state index contributed by atoms with van der Waals surface area (Å²) in [5, 5.41) is 0. The highest BCUT2D eigenvalue weighted by Gasteiger charge is 2.16. The fraction of sp³-hybridized carbons (Fsp3) is 0.533. The van der Waals surface area contributed by atoms with Crippen molar-refractivity contribution in [2.75, 3.05) is 32.7 Å². The molecule has 1 aromatic carbocycles. The summed E-state index contributed by atoms with van der Waals surface area (Å²) >= 11 is 0. The summed E-state index contributed by atoms with van der Waals surface area (Å²) in [5.41, 5.74) is 3.55. The summed E-state index contributed by atoms with van der Waals surface area (Å²) in [6.07, 6.45) is 1.39. The first-order valence-corrected chi connectivity index (χ1v) is 7.26. The van der Waals surface area contributed by atoms with Gasteiger partial charge in [-0.05, 0) is 18.5 Å². The second-order valence-electron chi connectivity index (χ2n) is 5.27. The number of rotatable bonds is 6. The van der Waals surface area contributed by atoms with Crippen LogP contribution in [0.3, 0.4) is 0 Å². The van der Waals surface area contributed by atoms with E-state index in [9.17, 15) is 4.79 Å². The van der Waals surface area contributed by atoms with E-state index in [-0.39, 0.29) is 5.91 Å². The van der Waals surface area contributed by atoms with Gasteiger partial charge in [0.1, 0.15) is 0 Å². The largest absolute Gasteiger partial charge is 0.301 e. The van der Waals surface area contributed by atoms with E-state index < -0.39 is 0 Å². The van der Waals surface area contributed by atoms with Crippen LogP contribution in [0.1, 0.15) is 18.4 Å². The fourth-order valence-corrected chi connectivity index (χ4v) is 2.55. The lowest BCUT2D eigenvalue weighted by atomic mass is 10.2. The van der Waals surface area contributed by atoms with Crippen LogP contribution in [0.5, 0.6) is 0 Å². The number of nitrogens with two attached hydrogens (primary N) is 1. The zero-order chi connectivity index (χ0) is 14.2. The average Bonchev–Trinajstić information content (AvgIpc) is 2.50. The summed E-state index contributed by atoms with van der Waals surface area (Å²) < 4.78 is 0. The van der Waals surface area contributed by atoms with Gasteiger partial charge in [0.25, 0.3) is 0 Å². The highest BCUT2D eigenvalue weighted by atomic mass is 16.2. The molecule has 0 aromatic heterocycles. The molecule has 20 heavy (non-hydrogen) atoms. The number of benzene rings is 1. The van der Waals surface area contributed by atoms with Crippen molar-refractivity contribution in [2.24, 2.45) is 5.84 Å². The van der Waals surface area contributed by atoms with Crippen LogP contribution < -0.4 is 11.3 Å². The Morgan fingerprint density at radius 2 is 1.75 bits per heavy atom. The SMILES string of the molecule is NNC(=O)CCCN1CCN(Cc2ccccc2)CC1. The minimum absolute atomic E-state index is 0.0762. The van der Waals surface area contributed by atoms with Gasteiger partial charge in [0.15, 0.2) is 0 Å². The number of hydrazine groups is 1. The maximum Gasteiger partial charge on any atom is 0.233 e. The number of hydrogen-bond acceptors (Lipinski definition) is 4. The molecule has 1 fully saturated rings. The highest BCUT2D eigenvalue weighted by molar-refractivity contribution is 5.75. The molecular formula is C15H24N4O. The van der Waals surface area contributed by atoms with E-state index >= 15 is 0 Å². The van der Waals surface area contributed by atoms with Gasteiger partial charge in [-0.2, -0.15) is 0 Å². The molecule has 5 heteroatoms. The Kier molecular flexibility index (Phi) is 5.98. The van der Waals surface area contributed by atoms with Crippen LogP contribution in [0.2, 0.25) is 0 Å². The van der Waals surface area contributed by atoms with Crippen LogP contribution in [0.25, 0.3) is 0 Å². The van der Waals surface area contributed by atoms with Crippen molar-refractivity contribution >= 4 is 5.91 Å². The smallest absolute Gasteiger partial charge is 0.233 e. The molecule has 1 aromatic rings. The van der Waals surface area contributed by atoms with Crippen molar-refractivity contribution in [3.05, 3.63) is 35.9 Å². The number of nitrogens with one attached hydrogen (secondary N) is 1. The van der Waals surface area contributed by atoms with E-state index in [4.69, 9.17) is 5.84 Å². The topological polar surface area (TPSA) is 61.6 Å². The molecule has 0 unspecified atom stereocenters. The van der Waals surface area contributed by atoms with E-state index in [1.807, 2.05) is 0 Å². The third kappa shape index (κ3) is 4.92. The van der Waals surface area contributed by atoms with Gasteiger partial charge in [0.2, 0.25) is 5.91 Å². The first kappa shape index (κ1) is 15.0. The van der Waals surface area contributed by atoms with Gasteiger partial charge >= 0.3 is 0 Å². The van der Waals surface area contributed by atoms with Crippen molar-refractivity contribution in [3.8, 4) is 0 Å². The van der Waals surface area contributed by atoms with Crippen LogP contribution in [-0.4, -0.2) is 48.4 Å². The Labute approximate surface area is 120 Å². The van der Waals surface area contributed by atoms with E-state index in [0.29, 0.717) is 6.42 Å². The molecule has 2 rings (SSSR count). The molecule has 0 bridgehead atoms. The summed E-state index contributed by atoms with van der Waals surface area (Å²) in [4.78, 5) is 16.0. The van der Waals surface area contributed by atoms with Gasteiger partial charge in [0.05, 0.1) is 0 Å². The van der Waals surface area contributed by atoms with Crippen LogP contribution in [-0.2, 0) is 11.3 Å². The summed E-state index contributed by atoms with van der Waals surface area (Å²) in [7, 11) is 0. The monoisotopic (exact) mass is 276 g/mol. The van der Waals surface area contributed by atoms with E-state index in [1.54, 1.807) is 0 Å². The third-order valence-electron chi connectivity index (χ3n) is 3.75. The van der Waals surface area contributed by atoms with Gasteiger partial charge in [0, 0.05) is 39.1 Å². The van der Waals surface area contributed by atoms with Crippen molar-refractivity contribution in [2.45, 2.75) is 19.4 Å². The minimum atomic E-state index is -0.0762. The fourth-order valence-electron chi connectivity index (χ4n) is 2.55. The van der Waals surface area contributed by atoms with Crippen LogP contribution in [0.15, 0.2) is 30.3 Å². The Morgan fingerprint density at radius 1 is 1.10 bits per heavy atom. The van der Waals surface area contributed by atoms with Crippen LogP contribution in [0.4, 0.5) is 0 Å². The maximum atomic E-state index is 11.0. The molecule has 0 spiro atoms. The predicted octanol–water partition coefficient (Wildman–Crippen LogP) is 0.574. The van der Waals surface area contributed by atoms with Crippen molar-refractivity contribution in [3.63, 3.8) is 0 Å². The number of hydrogen-bond donors (Lipinski definition) is 2. The Morgan fingerprint density at radius 3 is 2.40 bits per heavy atom. The molecule has 0 aliphatic carbocycles. The zero-order valence-corrected chi connectivity index (χ0v) is 11.9. The normalized spacial score (nSPS) is 17.1. The number of piperazine rings is 1. The quantitative estimate of drug-likeness (QED) is 0.453. The highest BCUT2D eigenvalue weighted by Crippen LogP contribution is 2.08. The molecule has 1 aliphatic heterocycles. The molecule has 110 valence electrons. The first-order valence-electron chi connectivity index (χ1n) is 7.26. The van der Waals surface area contributed by atoms with Gasteiger partial charge in [-0.15, -0.1) is 0 Å². The Balaban J connectivity index is 1.64. The second kappa shape index (κ2) is 7.99. The number of carbonyl (C=O) groups is 1. The van der Waals surface area contributed by atoms with Gasteiger partial charge in [-0.25, -0.2) is 5.84 Å². The number of nitrogens with zero attached hydrogens (tertiary/aromatic N) is 2. The molecule has 1 amide bonds. The lowest BCUT2D eigenvalue weighted by Crippen LogP contribution is -2.46. The van der Waals surface area contributed by atoms with Crippen LogP contribution in [0, 0.1) is 0 Å². The molecule has 5 nitrogen and oxygen atoms in total. The van der Waals surface area contributed by atoms with E-state index in [0.717, 1.165) is 45.7 Å². The predicted molar refractivity (Wildman–Crippen MR) is 79.7 cm³/mol. The lowest BCUT2D eigenvalue weighted by molar-refractivity contribution is -0.121. The third-order valence-corrected chi connectivity index (χ3v) is 3.75. The molecular weight excluding hydrogens is 252 g/mol. The average molecular weight is 276 g/mol. The molecule has 0 radical (unpaired) electrons. The lowest BCUT2D eigenvalue weighted by Gasteiger charge is -2.34.